The highest BCUT2D eigenvalue weighted by Crippen LogP contribution is 2.27. The molecule has 2 rings (SSSR count). The maximum Gasteiger partial charge on any atom is 0.247 e. The average molecular weight is 427 g/mol. The van der Waals surface area contributed by atoms with Crippen molar-refractivity contribution in [3.63, 3.8) is 0 Å². The molecule has 0 saturated carbocycles. The Balaban J connectivity index is 2.09. The fraction of sp³-hybridized carbons (Fsp3) is 0.316. The van der Waals surface area contributed by atoms with E-state index in [0.717, 1.165) is 26.9 Å². The second-order valence-electron chi connectivity index (χ2n) is 6.12. The second-order valence-corrected chi connectivity index (χ2v) is 9.01. The number of nitrogens with one attached hydrogen (secondary N) is 1. The number of rotatable bonds is 8. The van der Waals surface area contributed by atoms with E-state index in [-0.39, 0.29) is 16.7 Å². The molecule has 0 bridgehead atoms. The van der Waals surface area contributed by atoms with Crippen LogP contribution in [0.15, 0.2) is 52.3 Å². The third-order valence-electron chi connectivity index (χ3n) is 4.17. The van der Waals surface area contributed by atoms with Gasteiger partial charge in [0.15, 0.2) is 0 Å². The summed E-state index contributed by atoms with van der Waals surface area (Å²) in [4.78, 5) is 13.1. The average Bonchev–Trinajstić information content (AvgIpc) is 2.67. The van der Waals surface area contributed by atoms with Gasteiger partial charge in [0.25, 0.3) is 0 Å². The van der Waals surface area contributed by atoms with Crippen LogP contribution in [-0.4, -0.2) is 45.6 Å². The molecule has 0 radical (unpaired) electrons. The molecular weight excluding hydrogens is 403 g/mol. The maximum absolute atomic E-state index is 13.5. The lowest BCUT2D eigenvalue weighted by molar-refractivity contribution is -0.121. The van der Waals surface area contributed by atoms with E-state index < -0.39 is 28.3 Å². The summed E-state index contributed by atoms with van der Waals surface area (Å²) in [5.74, 6) is -1.17. The van der Waals surface area contributed by atoms with Crippen molar-refractivity contribution in [2.75, 3.05) is 27.0 Å². The van der Waals surface area contributed by atoms with E-state index in [9.17, 15) is 17.6 Å². The largest absolute Gasteiger partial charge is 0.495 e. The molecule has 0 fully saturated rings. The van der Waals surface area contributed by atoms with Gasteiger partial charge in [-0.2, -0.15) is 4.31 Å². The summed E-state index contributed by atoms with van der Waals surface area (Å²) < 4.78 is 44.9. The number of amides is 1. The number of ether oxygens (including phenoxy) is 1. The van der Waals surface area contributed by atoms with Crippen LogP contribution in [0.25, 0.3) is 0 Å². The first-order valence-electron chi connectivity index (χ1n) is 8.42. The Kier molecular flexibility index (Phi) is 7.45. The predicted molar refractivity (Wildman–Crippen MR) is 108 cm³/mol. The van der Waals surface area contributed by atoms with Gasteiger partial charge >= 0.3 is 0 Å². The van der Waals surface area contributed by atoms with Gasteiger partial charge in [-0.05, 0) is 49.1 Å². The van der Waals surface area contributed by atoms with E-state index in [1.54, 1.807) is 11.8 Å². The summed E-state index contributed by atoms with van der Waals surface area (Å²) in [6.45, 7) is 1.41. The lowest BCUT2D eigenvalue weighted by Crippen LogP contribution is -2.39. The Labute approximate surface area is 169 Å². The third-order valence-corrected chi connectivity index (χ3v) is 6.74. The van der Waals surface area contributed by atoms with E-state index in [1.165, 1.54) is 20.2 Å². The molecule has 2 aromatic rings. The second kappa shape index (κ2) is 9.40. The van der Waals surface area contributed by atoms with Gasteiger partial charge in [0.2, 0.25) is 15.9 Å². The van der Waals surface area contributed by atoms with Crippen molar-refractivity contribution in [2.45, 2.75) is 22.8 Å². The fourth-order valence-corrected chi connectivity index (χ4v) is 4.27. The molecule has 28 heavy (non-hydrogen) atoms. The molecule has 9 heteroatoms. The number of nitrogens with zero attached hydrogens (tertiary/aromatic N) is 1. The number of hydrogen-bond acceptors (Lipinski definition) is 5. The lowest BCUT2D eigenvalue weighted by Gasteiger charge is -2.20. The van der Waals surface area contributed by atoms with Crippen LogP contribution in [0.1, 0.15) is 18.5 Å². The van der Waals surface area contributed by atoms with Crippen LogP contribution in [0.3, 0.4) is 0 Å². The topological polar surface area (TPSA) is 75.7 Å². The van der Waals surface area contributed by atoms with Crippen LogP contribution in [0.2, 0.25) is 0 Å². The molecule has 0 aliphatic heterocycles. The number of hydrogen-bond donors (Lipinski definition) is 1. The van der Waals surface area contributed by atoms with Gasteiger partial charge < -0.3 is 10.1 Å². The molecule has 0 heterocycles. The van der Waals surface area contributed by atoms with E-state index in [2.05, 4.69) is 5.32 Å². The molecule has 0 spiro atoms. The summed E-state index contributed by atoms with van der Waals surface area (Å²) in [6.07, 6.45) is 1.98. The van der Waals surface area contributed by atoms with Gasteiger partial charge in [0, 0.05) is 11.9 Å². The lowest BCUT2D eigenvalue weighted by atomic mass is 10.1. The molecule has 1 N–H and O–H groups in total. The number of thioether (sulfide) groups is 1. The molecule has 0 aromatic heterocycles. The Morgan fingerprint density at radius 1 is 1.25 bits per heavy atom. The number of carbonyl (C=O) groups is 1. The molecule has 1 amide bonds. The van der Waals surface area contributed by atoms with E-state index in [4.69, 9.17) is 4.74 Å². The molecule has 1 atom stereocenters. The van der Waals surface area contributed by atoms with Crippen LogP contribution < -0.4 is 10.1 Å². The minimum atomic E-state index is -4.10. The Bertz CT molecular complexity index is 933. The molecule has 0 aliphatic carbocycles. The zero-order chi connectivity index (χ0) is 20.9. The van der Waals surface area contributed by atoms with Crippen molar-refractivity contribution < 1.29 is 22.3 Å². The number of sulfonamides is 1. The monoisotopic (exact) mass is 426 g/mol. The zero-order valence-corrected chi connectivity index (χ0v) is 17.7. The summed E-state index contributed by atoms with van der Waals surface area (Å²) in [5, 5.41) is 2.77. The first kappa shape index (κ1) is 22.2. The number of likely N-dealkylation sites (N-methyl/N-ethyl adjacent to an activating group) is 1. The van der Waals surface area contributed by atoms with Crippen LogP contribution >= 0.6 is 11.8 Å². The van der Waals surface area contributed by atoms with Crippen molar-refractivity contribution in [3.05, 3.63) is 53.8 Å². The van der Waals surface area contributed by atoms with Crippen molar-refractivity contribution in [2.24, 2.45) is 0 Å². The Hall–Kier alpha value is -2.10. The summed E-state index contributed by atoms with van der Waals surface area (Å²) in [5.41, 5.74) is 0.906. The van der Waals surface area contributed by atoms with Gasteiger partial charge in [0.05, 0.1) is 19.7 Å². The van der Waals surface area contributed by atoms with Gasteiger partial charge in [-0.3, -0.25) is 4.79 Å². The van der Waals surface area contributed by atoms with E-state index in [0.29, 0.717) is 0 Å². The molecule has 0 unspecified atom stereocenters. The smallest absolute Gasteiger partial charge is 0.247 e. The fourth-order valence-electron chi connectivity index (χ4n) is 2.57. The molecule has 0 saturated heterocycles. The van der Waals surface area contributed by atoms with Crippen LogP contribution in [-0.2, 0) is 14.8 Å². The number of benzene rings is 2. The Morgan fingerprint density at radius 2 is 1.89 bits per heavy atom. The van der Waals surface area contributed by atoms with Gasteiger partial charge in [-0.25, -0.2) is 12.8 Å². The maximum atomic E-state index is 13.5. The number of carbonyl (C=O) groups excluding carboxylic acids is 1. The first-order chi connectivity index (χ1) is 13.2. The molecule has 6 nitrogen and oxygen atoms in total. The minimum absolute atomic E-state index is 0.0101. The molecule has 0 aliphatic rings. The van der Waals surface area contributed by atoms with Crippen molar-refractivity contribution >= 4 is 27.7 Å². The number of methoxy groups -OCH3 is 1. The predicted octanol–water partition coefficient (Wildman–Crippen LogP) is 3.05. The van der Waals surface area contributed by atoms with Gasteiger partial charge in [0.1, 0.15) is 16.5 Å². The standard InChI is InChI=1S/C19H23FN2O4S2/c1-13(14-5-8-16(27-4)9-6-14)21-19(23)12-22(2)28(24,25)18-11-15(20)7-10-17(18)26-3/h5-11,13H,12H2,1-4H3,(H,21,23)/t13-/m0/s1. The van der Waals surface area contributed by atoms with Gasteiger partial charge in [-0.15, -0.1) is 11.8 Å². The molecular formula is C19H23FN2O4S2. The normalized spacial score (nSPS) is 12.6. The van der Waals surface area contributed by atoms with Crippen molar-refractivity contribution in [1.29, 1.82) is 0 Å². The van der Waals surface area contributed by atoms with Crippen LogP contribution in [0.4, 0.5) is 4.39 Å². The number of halogens is 1. The molecule has 2 aromatic carbocycles. The summed E-state index contributed by atoms with van der Waals surface area (Å²) in [7, 11) is -1.55. The van der Waals surface area contributed by atoms with Crippen LogP contribution in [0.5, 0.6) is 5.75 Å². The highest BCUT2D eigenvalue weighted by Gasteiger charge is 2.27. The quantitative estimate of drug-likeness (QED) is 0.657. The van der Waals surface area contributed by atoms with Crippen molar-refractivity contribution in [1.82, 2.24) is 9.62 Å². The highest BCUT2D eigenvalue weighted by atomic mass is 32.2. The third kappa shape index (κ3) is 5.24. The minimum Gasteiger partial charge on any atom is -0.495 e. The highest BCUT2D eigenvalue weighted by molar-refractivity contribution is 7.98. The zero-order valence-electron chi connectivity index (χ0n) is 16.1. The van der Waals surface area contributed by atoms with Crippen molar-refractivity contribution in [3.8, 4) is 5.75 Å². The Morgan fingerprint density at radius 3 is 2.46 bits per heavy atom. The van der Waals surface area contributed by atoms with Gasteiger partial charge in [-0.1, -0.05) is 12.1 Å². The summed E-state index contributed by atoms with van der Waals surface area (Å²) in [6, 6.07) is 10.7. The summed E-state index contributed by atoms with van der Waals surface area (Å²) >= 11 is 1.62. The van der Waals surface area contributed by atoms with Crippen LogP contribution in [0, 0.1) is 5.82 Å². The SMILES string of the molecule is COc1ccc(F)cc1S(=O)(=O)N(C)CC(=O)N[C@@H](C)c1ccc(SC)cc1. The van der Waals surface area contributed by atoms with E-state index in [1.807, 2.05) is 37.4 Å². The van der Waals surface area contributed by atoms with E-state index >= 15 is 0 Å². The molecule has 152 valence electrons. The first-order valence-corrected chi connectivity index (χ1v) is 11.1.